The van der Waals surface area contributed by atoms with Crippen LogP contribution in [0.2, 0.25) is 0 Å². The van der Waals surface area contributed by atoms with E-state index in [2.05, 4.69) is 28.2 Å². The zero-order valence-corrected chi connectivity index (χ0v) is 12.5. The van der Waals surface area contributed by atoms with Gasteiger partial charge in [0.2, 0.25) is 5.91 Å². The first kappa shape index (κ1) is 15.0. The number of nitrogens with one attached hydrogen (secondary N) is 1. The number of amides is 1. The quantitative estimate of drug-likeness (QED) is 0.785. The Kier molecular flexibility index (Phi) is 6.19. The molecule has 1 amide bonds. The number of alkyl halides is 1. The Hall–Kier alpha value is -1.03. The second-order valence-electron chi connectivity index (χ2n) is 4.51. The van der Waals surface area contributed by atoms with E-state index in [1.165, 1.54) is 0 Å². The first-order valence-corrected chi connectivity index (χ1v) is 7.26. The Morgan fingerprint density at radius 1 is 1.39 bits per heavy atom. The Balaban J connectivity index is 2.30. The highest BCUT2D eigenvalue weighted by Crippen LogP contribution is 2.13. The number of carbonyl (C=O) groups is 1. The summed E-state index contributed by atoms with van der Waals surface area (Å²) in [6, 6.07) is 9.52. The summed E-state index contributed by atoms with van der Waals surface area (Å²) < 4.78 is 5.49. The first-order chi connectivity index (χ1) is 8.59. The van der Waals surface area contributed by atoms with Gasteiger partial charge in [0, 0.05) is 10.9 Å². The molecule has 0 aliphatic heterocycles. The molecule has 1 atom stereocenters. The van der Waals surface area contributed by atoms with Crippen molar-refractivity contribution in [1.82, 2.24) is 5.32 Å². The lowest BCUT2D eigenvalue weighted by Crippen LogP contribution is -2.47. The maximum atomic E-state index is 11.8. The number of ether oxygens (including phenoxy) is 1. The van der Waals surface area contributed by atoms with Crippen LogP contribution in [0.25, 0.3) is 0 Å². The van der Waals surface area contributed by atoms with E-state index in [-0.39, 0.29) is 11.4 Å². The minimum atomic E-state index is -0.177. The summed E-state index contributed by atoms with van der Waals surface area (Å²) in [5, 5.41) is 3.76. The number of carbonyl (C=O) groups excluding carboxylic acids is 1. The van der Waals surface area contributed by atoms with Crippen molar-refractivity contribution >= 4 is 21.8 Å². The molecule has 0 radical (unpaired) electrons. The summed E-state index contributed by atoms with van der Waals surface area (Å²) in [6.07, 6.45) is 1.26. The van der Waals surface area contributed by atoms with Crippen LogP contribution in [0, 0.1) is 0 Å². The molecule has 100 valence electrons. The third-order valence-corrected chi connectivity index (χ3v) is 4.10. The third kappa shape index (κ3) is 5.08. The van der Waals surface area contributed by atoms with Gasteiger partial charge in [-0.05, 0) is 25.5 Å². The van der Waals surface area contributed by atoms with E-state index in [4.69, 9.17) is 4.74 Å². The Morgan fingerprint density at radius 3 is 2.61 bits per heavy atom. The fourth-order valence-electron chi connectivity index (χ4n) is 1.39. The van der Waals surface area contributed by atoms with Crippen molar-refractivity contribution < 1.29 is 9.53 Å². The molecule has 1 aromatic rings. The minimum absolute atomic E-state index is 0.0229. The van der Waals surface area contributed by atoms with Crippen LogP contribution >= 0.6 is 15.9 Å². The molecular weight excluding hydrogens is 294 g/mol. The lowest BCUT2D eigenvalue weighted by atomic mass is 10.0. The zero-order valence-electron chi connectivity index (χ0n) is 10.9. The summed E-state index contributed by atoms with van der Waals surface area (Å²) in [5.41, 5.74) is -0.177. The van der Waals surface area contributed by atoms with E-state index >= 15 is 0 Å². The highest BCUT2D eigenvalue weighted by atomic mass is 79.9. The molecule has 1 unspecified atom stereocenters. The molecule has 0 saturated heterocycles. The number of halogens is 1. The van der Waals surface area contributed by atoms with Gasteiger partial charge in [-0.25, -0.2) is 0 Å². The van der Waals surface area contributed by atoms with Gasteiger partial charge in [-0.3, -0.25) is 4.79 Å². The van der Waals surface area contributed by atoms with Crippen LogP contribution in [0.1, 0.15) is 26.7 Å². The van der Waals surface area contributed by atoms with Gasteiger partial charge in [0.1, 0.15) is 5.75 Å². The monoisotopic (exact) mass is 313 g/mol. The average molecular weight is 314 g/mol. The van der Waals surface area contributed by atoms with E-state index in [0.717, 1.165) is 17.5 Å². The molecule has 0 aromatic heterocycles. The summed E-state index contributed by atoms with van der Waals surface area (Å²) in [7, 11) is 0. The predicted molar refractivity (Wildman–Crippen MR) is 77.2 cm³/mol. The van der Waals surface area contributed by atoms with E-state index in [0.29, 0.717) is 13.0 Å². The molecule has 1 aromatic carbocycles. The van der Waals surface area contributed by atoms with Crippen LogP contribution in [0.4, 0.5) is 0 Å². The molecule has 0 spiro atoms. The van der Waals surface area contributed by atoms with Crippen molar-refractivity contribution in [1.29, 1.82) is 0 Å². The number of rotatable bonds is 7. The molecule has 0 fully saturated rings. The third-order valence-electron chi connectivity index (χ3n) is 2.86. The van der Waals surface area contributed by atoms with Crippen LogP contribution in [-0.2, 0) is 4.79 Å². The van der Waals surface area contributed by atoms with Crippen LogP contribution in [0.5, 0.6) is 5.75 Å². The molecule has 0 aliphatic carbocycles. The molecule has 1 rings (SSSR count). The van der Waals surface area contributed by atoms with Gasteiger partial charge in [-0.1, -0.05) is 41.1 Å². The summed E-state index contributed by atoms with van der Waals surface area (Å²) in [5.74, 6) is 0.818. The maximum Gasteiger partial charge on any atom is 0.223 e. The predicted octanol–water partition coefficient (Wildman–Crippen LogP) is 3.14. The smallest absolute Gasteiger partial charge is 0.223 e. The molecule has 0 aliphatic rings. The zero-order chi connectivity index (χ0) is 13.4. The summed E-state index contributed by atoms with van der Waals surface area (Å²) >= 11 is 3.42. The van der Waals surface area contributed by atoms with Crippen LogP contribution < -0.4 is 10.1 Å². The number of hydrogen-bond donors (Lipinski definition) is 1. The summed E-state index contributed by atoms with van der Waals surface area (Å²) in [4.78, 5) is 11.8. The summed E-state index contributed by atoms with van der Waals surface area (Å²) in [6.45, 7) is 4.48. The van der Waals surface area contributed by atoms with E-state index in [1.807, 2.05) is 37.3 Å². The molecule has 1 N–H and O–H groups in total. The van der Waals surface area contributed by atoms with Crippen molar-refractivity contribution in [2.24, 2.45) is 0 Å². The minimum Gasteiger partial charge on any atom is -0.493 e. The van der Waals surface area contributed by atoms with Gasteiger partial charge in [0.25, 0.3) is 0 Å². The average Bonchev–Trinajstić information content (AvgIpc) is 2.40. The second-order valence-corrected chi connectivity index (χ2v) is 5.07. The van der Waals surface area contributed by atoms with Crippen LogP contribution in [-0.4, -0.2) is 23.4 Å². The van der Waals surface area contributed by atoms with Crippen molar-refractivity contribution in [3.63, 3.8) is 0 Å². The van der Waals surface area contributed by atoms with Crippen molar-refractivity contribution in [2.45, 2.75) is 32.2 Å². The number of hydrogen-bond acceptors (Lipinski definition) is 2. The van der Waals surface area contributed by atoms with Crippen molar-refractivity contribution in [2.75, 3.05) is 11.9 Å². The van der Waals surface area contributed by atoms with E-state index in [9.17, 15) is 4.79 Å². The van der Waals surface area contributed by atoms with E-state index in [1.54, 1.807) is 0 Å². The molecule has 0 saturated carbocycles. The van der Waals surface area contributed by atoms with Gasteiger partial charge in [-0.15, -0.1) is 0 Å². The van der Waals surface area contributed by atoms with Crippen molar-refractivity contribution in [3.05, 3.63) is 30.3 Å². The highest BCUT2D eigenvalue weighted by Gasteiger charge is 2.22. The number of benzene rings is 1. The number of para-hydroxylation sites is 1. The van der Waals surface area contributed by atoms with Gasteiger partial charge in [-0.2, -0.15) is 0 Å². The Labute approximate surface area is 117 Å². The van der Waals surface area contributed by atoms with Crippen LogP contribution in [0.3, 0.4) is 0 Å². The SMILES string of the molecule is CCC(C)(CBr)NC(=O)CCOc1ccccc1. The normalized spacial score (nSPS) is 13.7. The first-order valence-electron chi connectivity index (χ1n) is 6.14. The largest absolute Gasteiger partial charge is 0.493 e. The molecule has 3 nitrogen and oxygen atoms in total. The van der Waals surface area contributed by atoms with Crippen LogP contribution in [0.15, 0.2) is 30.3 Å². The lowest BCUT2D eigenvalue weighted by molar-refractivity contribution is -0.123. The standard InChI is InChI=1S/C14H20BrNO2/c1-3-14(2,11-15)16-13(17)9-10-18-12-7-5-4-6-8-12/h4-8H,3,9-11H2,1-2H3,(H,16,17). The van der Waals surface area contributed by atoms with Gasteiger partial charge >= 0.3 is 0 Å². The molecule has 0 bridgehead atoms. The molecule has 0 heterocycles. The fourth-order valence-corrected chi connectivity index (χ4v) is 1.93. The van der Waals surface area contributed by atoms with Gasteiger partial charge < -0.3 is 10.1 Å². The molecular formula is C14H20BrNO2. The van der Waals surface area contributed by atoms with Gasteiger partial charge in [0.05, 0.1) is 13.0 Å². The Bertz CT molecular complexity index is 363. The maximum absolute atomic E-state index is 11.8. The fraction of sp³-hybridized carbons (Fsp3) is 0.500. The van der Waals surface area contributed by atoms with Gasteiger partial charge in [0.15, 0.2) is 0 Å². The van der Waals surface area contributed by atoms with Crippen molar-refractivity contribution in [3.8, 4) is 5.75 Å². The van der Waals surface area contributed by atoms with E-state index < -0.39 is 0 Å². The highest BCUT2D eigenvalue weighted by molar-refractivity contribution is 9.09. The second kappa shape index (κ2) is 7.41. The Morgan fingerprint density at radius 2 is 2.06 bits per heavy atom. The molecule has 4 heteroatoms. The topological polar surface area (TPSA) is 38.3 Å². The lowest BCUT2D eigenvalue weighted by Gasteiger charge is -2.27. The molecule has 18 heavy (non-hydrogen) atoms.